The van der Waals surface area contributed by atoms with Gasteiger partial charge in [0.1, 0.15) is 0 Å². The fraction of sp³-hybridized carbons (Fsp3) is 0.273. The van der Waals surface area contributed by atoms with E-state index in [0.29, 0.717) is 7.11 Å². The number of nitro groups is 1. The number of imidazole rings is 1. The minimum Gasteiger partial charge on any atom is -0.452 e. The Labute approximate surface area is 127 Å². The minimum atomic E-state index is -5.26. The first-order valence-corrected chi connectivity index (χ1v) is 5.81. The summed E-state index contributed by atoms with van der Waals surface area (Å²) < 4.78 is 81.0. The molecule has 0 N–H and O–H groups in total. The molecule has 7 nitrogen and oxygen atoms in total. The second-order valence-corrected chi connectivity index (χ2v) is 4.36. The number of nitrogens with zero attached hydrogens (tertiary/aromatic N) is 3. The predicted molar refractivity (Wildman–Crippen MR) is 64.2 cm³/mol. The average molecular weight is 357 g/mol. The summed E-state index contributed by atoms with van der Waals surface area (Å²) in [5.41, 5.74) is -5.01. The third-order valence-electron chi connectivity index (χ3n) is 2.87. The van der Waals surface area contributed by atoms with Gasteiger partial charge >= 0.3 is 18.4 Å². The smallest absolute Gasteiger partial charge is 0.450 e. The van der Waals surface area contributed by atoms with Gasteiger partial charge in [0.05, 0.1) is 23.1 Å². The van der Waals surface area contributed by atoms with Crippen LogP contribution in [0.5, 0.6) is 0 Å². The lowest BCUT2D eigenvalue weighted by molar-refractivity contribution is -0.383. The van der Waals surface area contributed by atoms with E-state index in [1.165, 1.54) is 0 Å². The molecular formula is C11H5F6N3O4. The van der Waals surface area contributed by atoms with Gasteiger partial charge in [0, 0.05) is 6.07 Å². The molecule has 0 unspecified atom stereocenters. The van der Waals surface area contributed by atoms with E-state index in [1.807, 2.05) is 0 Å². The molecule has 0 amide bonds. The summed E-state index contributed by atoms with van der Waals surface area (Å²) in [6, 6.07) is 0.195. The summed E-state index contributed by atoms with van der Waals surface area (Å²) in [7, 11) is 0.699. The third kappa shape index (κ3) is 2.83. The quantitative estimate of drug-likeness (QED) is 0.442. The van der Waals surface area contributed by atoms with Crippen molar-refractivity contribution >= 4 is 22.8 Å². The number of hydrogen-bond donors (Lipinski definition) is 0. The van der Waals surface area contributed by atoms with Crippen LogP contribution in [0.25, 0.3) is 11.0 Å². The summed E-state index contributed by atoms with van der Waals surface area (Å²) in [6.45, 7) is 0. The monoisotopic (exact) mass is 357 g/mol. The number of halogens is 6. The number of non-ortho nitro benzene ring substituents is 1. The summed E-state index contributed by atoms with van der Waals surface area (Å²) in [5, 5.41) is 11.0. The van der Waals surface area contributed by atoms with Gasteiger partial charge in [-0.15, -0.1) is 0 Å². The second-order valence-electron chi connectivity index (χ2n) is 4.36. The molecule has 0 aliphatic heterocycles. The highest BCUT2D eigenvalue weighted by atomic mass is 19.4. The van der Waals surface area contributed by atoms with E-state index >= 15 is 0 Å². The van der Waals surface area contributed by atoms with Gasteiger partial charge in [-0.05, 0) is 6.07 Å². The van der Waals surface area contributed by atoms with E-state index in [9.17, 15) is 41.3 Å². The first-order chi connectivity index (χ1) is 10.9. The lowest BCUT2D eigenvalue weighted by Crippen LogP contribution is -2.21. The van der Waals surface area contributed by atoms with Gasteiger partial charge in [-0.25, -0.2) is 14.3 Å². The van der Waals surface area contributed by atoms with E-state index in [4.69, 9.17) is 0 Å². The Morgan fingerprint density at radius 3 is 2.21 bits per heavy atom. The normalized spacial score (nSPS) is 12.5. The SMILES string of the molecule is COC(=O)n1c(C(F)(F)F)nc2cc(C(F)(F)F)cc([N+](=O)[O-])c21. The lowest BCUT2D eigenvalue weighted by atomic mass is 10.1. The van der Waals surface area contributed by atoms with Gasteiger partial charge in [0.2, 0.25) is 5.82 Å². The molecular weight excluding hydrogens is 352 g/mol. The number of rotatable bonds is 1. The summed E-state index contributed by atoms with van der Waals surface area (Å²) in [5.74, 6) is -1.94. The Hall–Kier alpha value is -2.86. The summed E-state index contributed by atoms with van der Waals surface area (Å²) >= 11 is 0. The maximum atomic E-state index is 13.0. The largest absolute Gasteiger partial charge is 0.452 e. The maximum Gasteiger partial charge on any atom is 0.450 e. The van der Waals surface area contributed by atoms with Crippen LogP contribution in [-0.4, -0.2) is 27.7 Å². The van der Waals surface area contributed by atoms with Crippen LogP contribution in [-0.2, 0) is 17.1 Å². The van der Waals surface area contributed by atoms with Crippen LogP contribution >= 0.6 is 0 Å². The van der Waals surface area contributed by atoms with Gasteiger partial charge < -0.3 is 4.74 Å². The number of fused-ring (bicyclic) bond motifs is 1. The van der Waals surface area contributed by atoms with Crippen LogP contribution in [0.15, 0.2) is 12.1 Å². The Morgan fingerprint density at radius 2 is 1.79 bits per heavy atom. The number of alkyl halides is 6. The van der Waals surface area contributed by atoms with E-state index in [-0.39, 0.29) is 16.7 Å². The van der Waals surface area contributed by atoms with E-state index in [2.05, 4.69) is 9.72 Å². The first-order valence-electron chi connectivity index (χ1n) is 5.81. The maximum absolute atomic E-state index is 13.0. The molecule has 24 heavy (non-hydrogen) atoms. The fourth-order valence-corrected chi connectivity index (χ4v) is 1.95. The standard InChI is InChI=1S/C11H5F6N3O4/c1-24-9(21)19-7-5(18-8(19)11(15,16)17)2-4(10(12,13)14)3-6(7)20(22)23/h2-3H,1H3. The van der Waals surface area contributed by atoms with Gasteiger partial charge in [0.25, 0.3) is 5.69 Å². The molecule has 0 bridgehead atoms. The van der Waals surface area contributed by atoms with Crippen molar-refractivity contribution in [2.24, 2.45) is 0 Å². The van der Waals surface area contributed by atoms with Crippen molar-refractivity contribution in [1.82, 2.24) is 9.55 Å². The number of methoxy groups -OCH3 is 1. The van der Waals surface area contributed by atoms with E-state index in [1.54, 1.807) is 0 Å². The van der Waals surface area contributed by atoms with Crippen LogP contribution in [0.3, 0.4) is 0 Å². The van der Waals surface area contributed by atoms with Crippen molar-refractivity contribution in [3.05, 3.63) is 33.6 Å². The highest BCUT2D eigenvalue weighted by molar-refractivity contribution is 5.94. The topological polar surface area (TPSA) is 87.3 Å². The first kappa shape index (κ1) is 17.5. The van der Waals surface area contributed by atoms with Crippen molar-refractivity contribution < 1.29 is 40.8 Å². The van der Waals surface area contributed by atoms with Crippen molar-refractivity contribution in [1.29, 1.82) is 0 Å². The van der Waals surface area contributed by atoms with Gasteiger partial charge in [-0.2, -0.15) is 26.3 Å². The molecule has 1 aromatic heterocycles. The average Bonchev–Trinajstić information content (AvgIpc) is 2.83. The minimum absolute atomic E-state index is 0.0175. The van der Waals surface area contributed by atoms with Crippen LogP contribution in [0.4, 0.5) is 36.8 Å². The fourth-order valence-electron chi connectivity index (χ4n) is 1.95. The van der Waals surface area contributed by atoms with Crippen LogP contribution in [0.1, 0.15) is 11.4 Å². The van der Waals surface area contributed by atoms with Crippen molar-refractivity contribution in [3.63, 3.8) is 0 Å². The molecule has 1 aromatic carbocycles. The number of hydrogen-bond acceptors (Lipinski definition) is 5. The molecule has 0 fully saturated rings. The zero-order valence-corrected chi connectivity index (χ0v) is 11.4. The molecule has 0 saturated carbocycles. The molecule has 0 aliphatic carbocycles. The van der Waals surface area contributed by atoms with Crippen LogP contribution in [0, 0.1) is 10.1 Å². The molecule has 0 radical (unpaired) electrons. The summed E-state index contributed by atoms with van der Waals surface area (Å²) in [6.07, 6.45) is -12.0. The van der Waals surface area contributed by atoms with Crippen LogP contribution < -0.4 is 0 Å². The molecule has 13 heteroatoms. The molecule has 0 atom stereocenters. The molecule has 1 heterocycles. The Kier molecular flexibility index (Phi) is 3.90. The molecule has 2 aromatic rings. The van der Waals surface area contributed by atoms with E-state index in [0.717, 1.165) is 0 Å². The number of benzene rings is 1. The lowest BCUT2D eigenvalue weighted by Gasteiger charge is -2.09. The van der Waals surface area contributed by atoms with Gasteiger partial charge in [0.15, 0.2) is 5.52 Å². The Bertz CT molecular complexity index is 839. The molecule has 130 valence electrons. The van der Waals surface area contributed by atoms with Crippen molar-refractivity contribution in [2.45, 2.75) is 12.4 Å². The highest BCUT2D eigenvalue weighted by Crippen LogP contribution is 2.39. The number of nitro benzene ring substituents is 1. The van der Waals surface area contributed by atoms with Gasteiger partial charge in [-0.3, -0.25) is 10.1 Å². The number of carbonyl (C=O) groups excluding carboxylic acids is 1. The second kappa shape index (κ2) is 5.35. The number of carbonyl (C=O) groups is 1. The van der Waals surface area contributed by atoms with Crippen molar-refractivity contribution in [2.75, 3.05) is 7.11 Å². The zero-order valence-electron chi connectivity index (χ0n) is 11.4. The molecule has 2 rings (SSSR count). The van der Waals surface area contributed by atoms with Crippen LogP contribution in [0.2, 0.25) is 0 Å². The predicted octanol–water partition coefficient (Wildman–Crippen LogP) is 3.60. The zero-order chi connectivity index (χ0) is 18.4. The Morgan fingerprint density at radius 1 is 1.21 bits per heavy atom. The number of ether oxygens (including phenoxy) is 1. The summed E-state index contributed by atoms with van der Waals surface area (Å²) in [4.78, 5) is 24.1. The Balaban J connectivity index is 3.01. The molecule has 0 aliphatic rings. The van der Waals surface area contributed by atoms with Gasteiger partial charge in [-0.1, -0.05) is 0 Å². The van der Waals surface area contributed by atoms with E-state index < -0.39 is 51.5 Å². The number of aromatic nitrogens is 2. The highest BCUT2D eigenvalue weighted by Gasteiger charge is 2.43. The van der Waals surface area contributed by atoms with Crippen molar-refractivity contribution in [3.8, 4) is 0 Å². The third-order valence-corrected chi connectivity index (χ3v) is 2.87. The molecule has 0 saturated heterocycles. The molecule has 0 spiro atoms.